The monoisotopic (exact) mass is 395 g/mol. The van der Waals surface area contributed by atoms with E-state index in [0.717, 1.165) is 49.4 Å². The lowest BCUT2D eigenvalue weighted by Gasteiger charge is -2.34. The molecular formula is C21H29N7O. The minimum Gasteiger partial charge on any atom is -0.357 e. The van der Waals surface area contributed by atoms with Crippen molar-refractivity contribution in [3.8, 4) is 0 Å². The van der Waals surface area contributed by atoms with E-state index in [-0.39, 0.29) is 6.03 Å². The molecule has 2 aliphatic heterocycles. The highest BCUT2D eigenvalue weighted by molar-refractivity contribution is 5.74. The van der Waals surface area contributed by atoms with Gasteiger partial charge >= 0.3 is 6.03 Å². The van der Waals surface area contributed by atoms with Crippen LogP contribution in [0.1, 0.15) is 25.3 Å². The zero-order valence-corrected chi connectivity index (χ0v) is 17.0. The van der Waals surface area contributed by atoms with Crippen LogP contribution in [0.25, 0.3) is 0 Å². The molecule has 154 valence electrons. The zero-order valence-electron chi connectivity index (χ0n) is 17.0. The Morgan fingerprint density at radius 3 is 2.38 bits per heavy atom. The van der Waals surface area contributed by atoms with Gasteiger partial charge in [0.05, 0.1) is 0 Å². The number of carbonyl (C=O) groups excluding carboxylic acids is 1. The Kier molecular flexibility index (Phi) is 6.07. The molecule has 4 rings (SSSR count). The van der Waals surface area contributed by atoms with Gasteiger partial charge in [-0.15, -0.1) is 0 Å². The summed E-state index contributed by atoms with van der Waals surface area (Å²) >= 11 is 0. The third-order valence-electron chi connectivity index (χ3n) is 5.76. The molecule has 29 heavy (non-hydrogen) atoms. The second kappa shape index (κ2) is 9.07. The van der Waals surface area contributed by atoms with Gasteiger partial charge in [-0.3, -0.25) is 0 Å². The van der Waals surface area contributed by atoms with Gasteiger partial charge in [0.25, 0.3) is 0 Å². The number of hydrogen-bond acceptors (Lipinski definition) is 6. The summed E-state index contributed by atoms with van der Waals surface area (Å²) in [5.41, 5.74) is 1.02. The molecule has 0 unspecified atom stereocenters. The standard InChI is InChI=1S/C21H29N7O/c1-17-5-9-26(10-6-17)19-4-3-18(15-24-19)16-25-21(29)28-13-11-27(12-14-28)20-22-7-2-8-23-20/h2-4,7-8,15,17H,5-6,9-14,16H2,1H3,(H,25,29). The number of anilines is 2. The van der Waals surface area contributed by atoms with E-state index in [1.165, 1.54) is 12.8 Å². The SMILES string of the molecule is CC1CCN(c2ccc(CNC(=O)N3CCN(c4ncccn4)CC3)cn2)CC1. The average molecular weight is 396 g/mol. The van der Waals surface area contributed by atoms with Crippen LogP contribution in [0.5, 0.6) is 0 Å². The molecule has 1 N–H and O–H groups in total. The van der Waals surface area contributed by atoms with Gasteiger partial charge in [-0.1, -0.05) is 13.0 Å². The molecule has 2 fully saturated rings. The van der Waals surface area contributed by atoms with Crippen molar-refractivity contribution in [2.45, 2.75) is 26.3 Å². The molecule has 0 radical (unpaired) electrons. The van der Waals surface area contributed by atoms with Gasteiger partial charge in [0.1, 0.15) is 5.82 Å². The highest BCUT2D eigenvalue weighted by Crippen LogP contribution is 2.21. The number of carbonyl (C=O) groups is 1. The van der Waals surface area contributed by atoms with E-state index in [9.17, 15) is 4.79 Å². The molecule has 2 amide bonds. The Hall–Kier alpha value is -2.90. The highest BCUT2D eigenvalue weighted by Gasteiger charge is 2.22. The maximum Gasteiger partial charge on any atom is 0.317 e. The Morgan fingerprint density at radius 2 is 1.72 bits per heavy atom. The summed E-state index contributed by atoms with van der Waals surface area (Å²) in [7, 11) is 0. The molecule has 2 aromatic rings. The number of piperidine rings is 1. The molecule has 2 aromatic heterocycles. The third kappa shape index (κ3) is 4.93. The van der Waals surface area contributed by atoms with Gasteiger partial charge in [0.2, 0.25) is 5.95 Å². The summed E-state index contributed by atoms with van der Waals surface area (Å²) in [6.45, 7) is 7.75. The normalized spacial score (nSPS) is 18.0. The van der Waals surface area contributed by atoms with Crippen LogP contribution < -0.4 is 15.1 Å². The van der Waals surface area contributed by atoms with Gasteiger partial charge in [-0.05, 0) is 36.5 Å². The van der Waals surface area contributed by atoms with E-state index in [1.807, 2.05) is 17.2 Å². The largest absolute Gasteiger partial charge is 0.357 e. The maximum atomic E-state index is 12.5. The van der Waals surface area contributed by atoms with Crippen molar-refractivity contribution >= 4 is 17.8 Å². The van der Waals surface area contributed by atoms with Crippen molar-refractivity contribution in [1.29, 1.82) is 0 Å². The van der Waals surface area contributed by atoms with Gasteiger partial charge in [0.15, 0.2) is 0 Å². The Labute approximate surface area is 172 Å². The van der Waals surface area contributed by atoms with Gasteiger partial charge < -0.3 is 20.0 Å². The number of nitrogens with one attached hydrogen (secondary N) is 1. The molecule has 4 heterocycles. The minimum atomic E-state index is -0.0345. The minimum absolute atomic E-state index is 0.0345. The molecule has 0 aromatic carbocycles. The fourth-order valence-electron chi connectivity index (χ4n) is 3.80. The van der Waals surface area contributed by atoms with E-state index >= 15 is 0 Å². The van der Waals surface area contributed by atoms with Crippen LogP contribution >= 0.6 is 0 Å². The van der Waals surface area contributed by atoms with Crippen LogP contribution in [-0.2, 0) is 6.54 Å². The number of pyridine rings is 1. The van der Waals surface area contributed by atoms with Gasteiger partial charge in [0, 0.05) is 64.4 Å². The van der Waals surface area contributed by atoms with Crippen LogP contribution in [0, 0.1) is 5.92 Å². The number of nitrogens with zero attached hydrogens (tertiary/aromatic N) is 6. The summed E-state index contributed by atoms with van der Waals surface area (Å²) in [5, 5.41) is 3.01. The number of rotatable bonds is 4. The van der Waals surface area contributed by atoms with Crippen LogP contribution in [-0.4, -0.2) is 65.2 Å². The van der Waals surface area contributed by atoms with Crippen molar-refractivity contribution in [1.82, 2.24) is 25.2 Å². The average Bonchev–Trinajstić information content (AvgIpc) is 2.79. The highest BCUT2D eigenvalue weighted by atomic mass is 16.2. The molecule has 8 nitrogen and oxygen atoms in total. The summed E-state index contributed by atoms with van der Waals surface area (Å²) in [4.78, 5) is 31.9. The number of urea groups is 1. The molecule has 0 spiro atoms. The van der Waals surface area contributed by atoms with Crippen molar-refractivity contribution in [3.63, 3.8) is 0 Å². The summed E-state index contributed by atoms with van der Waals surface area (Å²) in [6.07, 6.45) is 7.81. The summed E-state index contributed by atoms with van der Waals surface area (Å²) in [6, 6.07) is 5.90. The second-order valence-electron chi connectivity index (χ2n) is 7.88. The smallest absolute Gasteiger partial charge is 0.317 e. The van der Waals surface area contributed by atoms with E-state index < -0.39 is 0 Å². The van der Waals surface area contributed by atoms with E-state index in [0.29, 0.717) is 19.6 Å². The van der Waals surface area contributed by atoms with Crippen molar-refractivity contribution in [3.05, 3.63) is 42.4 Å². The lowest BCUT2D eigenvalue weighted by Crippen LogP contribution is -2.52. The Morgan fingerprint density at radius 1 is 1.00 bits per heavy atom. The first-order chi connectivity index (χ1) is 14.2. The third-order valence-corrected chi connectivity index (χ3v) is 5.76. The van der Waals surface area contributed by atoms with E-state index in [4.69, 9.17) is 0 Å². The van der Waals surface area contributed by atoms with Gasteiger partial charge in [-0.25, -0.2) is 19.7 Å². The molecular weight excluding hydrogens is 366 g/mol. The van der Waals surface area contributed by atoms with Crippen LogP contribution in [0.15, 0.2) is 36.8 Å². The molecule has 0 atom stereocenters. The summed E-state index contributed by atoms with van der Waals surface area (Å²) < 4.78 is 0. The fourth-order valence-corrected chi connectivity index (χ4v) is 3.80. The lowest BCUT2D eigenvalue weighted by atomic mass is 9.99. The quantitative estimate of drug-likeness (QED) is 0.855. The number of hydrogen-bond donors (Lipinski definition) is 1. The first kappa shape index (κ1) is 19.4. The topological polar surface area (TPSA) is 77.5 Å². The van der Waals surface area contributed by atoms with Crippen LogP contribution in [0.4, 0.5) is 16.6 Å². The number of aromatic nitrogens is 3. The summed E-state index contributed by atoms with van der Waals surface area (Å²) in [5.74, 6) is 2.57. The molecule has 8 heteroatoms. The molecule has 2 saturated heterocycles. The number of piperazine rings is 1. The molecule has 2 aliphatic rings. The van der Waals surface area contributed by atoms with Gasteiger partial charge in [-0.2, -0.15) is 0 Å². The first-order valence-electron chi connectivity index (χ1n) is 10.4. The Bertz CT molecular complexity index is 782. The van der Waals surface area contributed by atoms with Crippen LogP contribution in [0.2, 0.25) is 0 Å². The van der Waals surface area contributed by atoms with E-state index in [1.54, 1.807) is 12.4 Å². The van der Waals surface area contributed by atoms with Crippen molar-refractivity contribution in [2.75, 3.05) is 49.1 Å². The lowest BCUT2D eigenvalue weighted by molar-refractivity contribution is 0.193. The fraction of sp³-hybridized carbons (Fsp3) is 0.524. The Balaban J connectivity index is 1.23. The predicted molar refractivity (Wildman–Crippen MR) is 113 cm³/mol. The second-order valence-corrected chi connectivity index (χ2v) is 7.88. The maximum absolute atomic E-state index is 12.5. The zero-order chi connectivity index (χ0) is 20.1. The van der Waals surface area contributed by atoms with Crippen LogP contribution in [0.3, 0.4) is 0 Å². The molecule has 0 bridgehead atoms. The number of amides is 2. The van der Waals surface area contributed by atoms with E-state index in [2.05, 4.69) is 49.1 Å². The van der Waals surface area contributed by atoms with Crippen molar-refractivity contribution < 1.29 is 4.79 Å². The first-order valence-corrected chi connectivity index (χ1v) is 10.4. The van der Waals surface area contributed by atoms with Crippen molar-refractivity contribution in [2.24, 2.45) is 5.92 Å². The molecule has 0 aliphatic carbocycles. The predicted octanol–water partition coefficient (Wildman–Crippen LogP) is 2.14. The molecule has 0 saturated carbocycles.